The van der Waals surface area contributed by atoms with Crippen LogP contribution >= 0.6 is 0 Å². The predicted octanol–water partition coefficient (Wildman–Crippen LogP) is 2.74. The van der Waals surface area contributed by atoms with E-state index in [2.05, 4.69) is 55.4 Å². The van der Waals surface area contributed by atoms with Gasteiger partial charge in [-0.05, 0) is 27.7 Å². The lowest BCUT2D eigenvalue weighted by Gasteiger charge is -2.51. The highest BCUT2D eigenvalue weighted by atomic mass is 16.7. The van der Waals surface area contributed by atoms with Gasteiger partial charge in [-0.25, -0.2) is 0 Å². The average Bonchev–Trinajstić information content (AvgIpc) is 2.26. The molecule has 2 fully saturated rings. The Bertz CT molecular complexity index is 343. The molecule has 6 heteroatoms. The second kappa shape index (κ2) is 4.73. The molecule has 0 amide bonds. The Balaban J connectivity index is 2.08. The first kappa shape index (κ1) is 16.3. The monoisotopic (exact) mass is 282 g/mol. The third-order valence-corrected chi connectivity index (χ3v) is 5.52. The molecule has 114 valence electrons. The third-order valence-electron chi connectivity index (χ3n) is 5.52. The van der Waals surface area contributed by atoms with Crippen LogP contribution in [0, 0.1) is 10.8 Å². The highest BCUT2D eigenvalue weighted by molar-refractivity contribution is 7.10. The highest BCUT2D eigenvalue weighted by Gasteiger charge is 2.57. The van der Waals surface area contributed by atoms with Gasteiger partial charge in [-0.15, -0.1) is 0 Å². The molecule has 0 radical (unpaired) electrons. The van der Waals surface area contributed by atoms with Crippen molar-refractivity contribution in [1.82, 2.24) is 0 Å². The van der Waals surface area contributed by atoms with Gasteiger partial charge in [0.25, 0.3) is 0 Å². The van der Waals surface area contributed by atoms with E-state index in [9.17, 15) is 0 Å². The van der Waals surface area contributed by atoms with Gasteiger partial charge in [0.05, 0.1) is 11.2 Å². The molecule has 2 aliphatic rings. The van der Waals surface area contributed by atoms with Crippen molar-refractivity contribution in [2.24, 2.45) is 10.8 Å². The van der Waals surface area contributed by atoms with Crippen LogP contribution in [-0.2, 0) is 18.6 Å². The minimum absolute atomic E-state index is 0.0348. The second-order valence-corrected chi connectivity index (χ2v) is 8.38. The summed E-state index contributed by atoms with van der Waals surface area (Å²) in [6.07, 6.45) is 0. The van der Waals surface area contributed by atoms with Crippen molar-refractivity contribution >= 4 is 14.0 Å². The Morgan fingerprint density at radius 1 is 0.600 bits per heavy atom. The van der Waals surface area contributed by atoms with Crippen LogP contribution in [0.5, 0.6) is 0 Å². The van der Waals surface area contributed by atoms with Gasteiger partial charge in [0.1, 0.15) is 0 Å². The zero-order chi connectivity index (χ0) is 15.4. The minimum atomic E-state index is -0.464. The van der Waals surface area contributed by atoms with Crippen LogP contribution in [-0.4, -0.2) is 38.4 Å². The van der Waals surface area contributed by atoms with E-state index in [0.29, 0.717) is 13.2 Å². The maximum Gasteiger partial charge on any atom is 0.488 e. The molecular weight excluding hydrogens is 254 g/mol. The van der Waals surface area contributed by atoms with Crippen LogP contribution in [0.4, 0.5) is 0 Å². The van der Waals surface area contributed by atoms with Crippen LogP contribution in [0.25, 0.3) is 0 Å². The van der Waals surface area contributed by atoms with Crippen LogP contribution in [0.1, 0.15) is 55.4 Å². The molecular formula is C14H28B2O4. The molecule has 0 bridgehead atoms. The van der Waals surface area contributed by atoms with Crippen LogP contribution < -0.4 is 0 Å². The molecule has 0 N–H and O–H groups in total. The van der Waals surface area contributed by atoms with E-state index in [0.717, 1.165) is 0 Å². The lowest BCUT2D eigenvalue weighted by Crippen LogP contribution is -2.65. The molecule has 0 aromatic heterocycles. The highest BCUT2D eigenvalue weighted by Crippen LogP contribution is 2.42. The first-order valence-electron chi connectivity index (χ1n) is 7.47. The van der Waals surface area contributed by atoms with Gasteiger partial charge in [0, 0.05) is 24.0 Å². The van der Waals surface area contributed by atoms with E-state index in [-0.39, 0.29) is 22.0 Å². The molecule has 0 aromatic rings. The minimum Gasteiger partial charge on any atom is -0.413 e. The fraction of sp³-hybridized carbons (Fsp3) is 1.00. The molecule has 20 heavy (non-hydrogen) atoms. The number of hydrogen-bond acceptors (Lipinski definition) is 4. The van der Waals surface area contributed by atoms with Crippen molar-refractivity contribution < 1.29 is 18.6 Å². The lowest BCUT2D eigenvalue weighted by atomic mass is 9.45. The molecule has 0 spiro atoms. The molecule has 2 saturated heterocycles. The van der Waals surface area contributed by atoms with Crippen LogP contribution in [0.3, 0.4) is 0 Å². The van der Waals surface area contributed by atoms with E-state index >= 15 is 0 Å². The summed E-state index contributed by atoms with van der Waals surface area (Å²) in [5.41, 5.74) is -0.626. The van der Waals surface area contributed by atoms with Gasteiger partial charge in [-0.3, -0.25) is 0 Å². The Kier molecular flexibility index (Phi) is 3.87. The largest absolute Gasteiger partial charge is 0.488 e. The predicted molar refractivity (Wildman–Crippen MR) is 81.3 cm³/mol. The number of hydrogen-bond donors (Lipinski definition) is 0. The molecule has 2 aliphatic heterocycles. The topological polar surface area (TPSA) is 36.9 Å². The van der Waals surface area contributed by atoms with Crippen LogP contribution in [0.15, 0.2) is 0 Å². The summed E-state index contributed by atoms with van der Waals surface area (Å²) in [4.78, 5) is 0. The maximum absolute atomic E-state index is 6.12. The first-order chi connectivity index (χ1) is 8.88. The summed E-state index contributed by atoms with van der Waals surface area (Å²) < 4.78 is 24.0. The zero-order valence-corrected chi connectivity index (χ0v) is 14.2. The fourth-order valence-corrected chi connectivity index (χ4v) is 2.16. The number of rotatable bonds is 1. The van der Waals surface area contributed by atoms with Crippen molar-refractivity contribution in [2.45, 2.75) is 66.6 Å². The summed E-state index contributed by atoms with van der Waals surface area (Å²) in [5.74, 6) is 0. The van der Waals surface area contributed by atoms with Gasteiger partial charge in [0.15, 0.2) is 0 Å². The summed E-state index contributed by atoms with van der Waals surface area (Å²) in [5, 5.41) is 0. The summed E-state index contributed by atoms with van der Waals surface area (Å²) >= 11 is 0. The van der Waals surface area contributed by atoms with Gasteiger partial charge >= 0.3 is 14.0 Å². The van der Waals surface area contributed by atoms with Crippen molar-refractivity contribution in [3.05, 3.63) is 0 Å². The SMILES string of the molecule is CC1(C)COB(B2OCC(C)(C)C(C)(C)O2)OC1(C)C. The van der Waals surface area contributed by atoms with Gasteiger partial charge in [0.2, 0.25) is 0 Å². The average molecular weight is 282 g/mol. The normalized spacial score (nSPS) is 31.2. The summed E-state index contributed by atoms with van der Waals surface area (Å²) in [7, 11) is -0.929. The first-order valence-corrected chi connectivity index (χ1v) is 7.47. The molecule has 2 rings (SSSR count). The summed E-state index contributed by atoms with van der Waals surface area (Å²) in [6.45, 7) is 18.3. The molecule has 4 nitrogen and oxygen atoms in total. The van der Waals surface area contributed by atoms with E-state index < -0.39 is 14.0 Å². The Morgan fingerprint density at radius 3 is 1.15 bits per heavy atom. The third kappa shape index (κ3) is 2.68. The smallest absolute Gasteiger partial charge is 0.413 e. The lowest BCUT2D eigenvalue weighted by molar-refractivity contribution is -0.116. The van der Waals surface area contributed by atoms with Crippen molar-refractivity contribution in [1.29, 1.82) is 0 Å². The van der Waals surface area contributed by atoms with E-state index in [1.807, 2.05) is 0 Å². The molecule has 0 unspecified atom stereocenters. The van der Waals surface area contributed by atoms with Crippen molar-refractivity contribution in [2.75, 3.05) is 13.2 Å². The molecule has 0 aliphatic carbocycles. The molecule has 0 atom stereocenters. The van der Waals surface area contributed by atoms with Gasteiger partial charge in [-0.2, -0.15) is 0 Å². The standard InChI is InChI=1S/C14H28B2O4/c1-11(2)9-17-15(19-13(11,5)6)16-18-10-12(3,4)14(7,8)20-16/h9-10H2,1-8H3. The Labute approximate surface area is 124 Å². The fourth-order valence-electron chi connectivity index (χ4n) is 2.16. The maximum atomic E-state index is 6.12. The van der Waals surface area contributed by atoms with E-state index in [4.69, 9.17) is 18.6 Å². The van der Waals surface area contributed by atoms with Gasteiger partial charge < -0.3 is 18.6 Å². The quantitative estimate of drug-likeness (QED) is 0.693. The molecule has 0 aromatic carbocycles. The Morgan fingerprint density at radius 2 is 0.900 bits per heavy atom. The summed E-state index contributed by atoms with van der Waals surface area (Å²) in [6, 6.07) is 0. The van der Waals surface area contributed by atoms with Crippen molar-refractivity contribution in [3.8, 4) is 0 Å². The molecule has 0 saturated carbocycles. The van der Waals surface area contributed by atoms with E-state index in [1.165, 1.54) is 0 Å². The van der Waals surface area contributed by atoms with E-state index in [1.54, 1.807) is 0 Å². The van der Waals surface area contributed by atoms with Gasteiger partial charge in [-0.1, -0.05) is 27.7 Å². The van der Waals surface area contributed by atoms with Crippen LogP contribution in [0.2, 0.25) is 0 Å². The zero-order valence-electron chi connectivity index (χ0n) is 14.2. The van der Waals surface area contributed by atoms with Crippen molar-refractivity contribution in [3.63, 3.8) is 0 Å². The molecule has 2 heterocycles. The Hall–Kier alpha value is -0.0301. The second-order valence-electron chi connectivity index (χ2n) is 8.38.